The van der Waals surface area contributed by atoms with Crippen LogP contribution in [-0.4, -0.2) is 29.6 Å². The van der Waals surface area contributed by atoms with Gasteiger partial charge in [-0.05, 0) is 31.6 Å². The van der Waals surface area contributed by atoms with Crippen LogP contribution in [0, 0.1) is 5.92 Å². The van der Waals surface area contributed by atoms with Gasteiger partial charge in [0, 0.05) is 31.1 Å². The standard InChI is InChI=1S/C16H26N4/c1-16(2,3)15-18-13(17-4)9-14(19-15)20(12-7-8-12)10-11-5-6-11/h9,11-12H,5-8,10H2,1-4H3,(H,17,18,19). The highest BCUT2D eigenvalue weighted by atomic mass is 15.3. The van der Waals surface area contributed by atoms with E-state index < -0.39 is 0 Å². The molecule has 1 aromatic heterocycles. The number of nitrogens with one attached hydrogen (secondary N) is 1. The van der Waals surface area contributed by atoms with Crippen molar-refractivity contribution in [1.29, 1.82) is 0 Å². The third kappa shape index (κ3) is 3.05. The third-order valence-corrected chi connectivity index (χ3v) is 4.07. The minimum Gasteiger partial charge on any atom is -0.373 e. The second-order valence-corrected chi connectivity index (χ2v) is 7.26. The van der Waals surface area contributed by atoms with Crippen LogP contribution in [0.3, 0.4) is 0 Å². The molecule has 0 atom stereocenters. The Kier molecular flexibility index (Phi) is 3.35. The summed E-state index contributed by atoms with van der Waals surface area (Å²) in [5.41, 5.74) is -0.0174. The van der Waals surface area contributed by atoms with Crippen LogP contribution in [0.5, 0.6) is 0 Å². The van der Waals surface area contributed by atoms with E-state index in [1.165, 1.54) is 32.2 Å². The summed E-state index contributed by atoms with van der Waals surface area (Å²) in [4.78, 5) is 12.0. The summed E-state index contributed by atoms with van der Waals surface area (Å²) in [6, 6.07) is 2.82. The zero-order chi connectivity index (χ0) is 14.3. The summed E-state index contributed by atoms with van der Waals surface area (Å²) < 4.78 is 0. The summed E-state index contributed by atoms with van der Waals surface area (Å²) in [5, 5.41) is 3.19. The van der Waals surface area contributed by atoms with Crippen molar-refractivity contribution in [3.63, 3.8) is 0 Å². The highest BCUT2D eigenvalue weighted by molar-refractivity contribution is 5.51. The van der Waals surface area contributed by atoms with Crippen molar-refractivity contribution in [2.24, 2.45) is 5.92 Å². The van der Waals surface area contributed by atoms with Crippen molar-refractivity contribution >= 4 is 11.6 Å². The molecule has 0 amide bonds. The highest BCUT2D eigenvalue weighted by Gasteiger charge is 2.35. The Morgan fingerprint density at radius 3 is 2.40 bits per heavy atom. The van der Waals surface area contributed by atoms with E-state index in [0.717, 1.165) is 23.4 Å². The molecular weight excluding hydrogens is 248 g/mol. The van der Waals surface area contributed by atoms with Crippen molar-refractivity contribution in [1.82, 2.24) is 9.97 Å². The first-order chi connectivity index (χ1) is 9.47. The molecule has 3 rings (SSSR count). The zero-order valence-electron chi connectivity index (χ0n) is 13.1. The molecule has 0 unspecified atom stereocenters. The molecule has 20 heavy (non-hydrogen) atoms. The van der Waals surface area contributed by atoms with E-state index in [1.54, 1.807) is 0 Å². The Bertz CT molecular complexity index is 484. The molecule has 0 radical (unpaired) electrons. The highest BCUT2D eigenvalue weighted by Crippen LogP contribution is 2.38. The van der Waals surface area contributed by atoms with Crippen LogP contribution >= 0.6 is 0 Å². The van der Waals surface area contributed by atoms with E-state index in [4.69, 9.17) is 4.98 Å². The second kappa shape index (κ2) is 4.90. The van der Waals surface area contributed by atoms with Crippen molar-refractivity contribution < 1.29 is 0 Å². The molecule has 2 fully saturated rings. The maximum Gasteiger partial charge on any atom is 0.138 e. The van der Waals surface area contributed by atoms with E-state index in [2.05, 4.69) is 42.0 Å². The van der Waals surface area contributed by atoms with Gasteiger partial charge in [-0.2, -0.15) is 0 Å². The van der Waals surface area contributed by atoms with Crippen molar-refractivity contribution in [2.45, 2.75) is 57.9 Å². The van der Waals surface area contributed by atoms with Crippen molar-refractivity contribution in [3.05, 3.63) is 11.9 Å². The molecule has 0 spiro atoms. The first-order valence-electron chi connectivity index (χ1n) is 7.81. The summed E-state index contributed by atoms with van der Waals surface area (Å²) >= 11 is 0. The summed E-state index contributed by atoms with van der Waals surface area (Å²) in [6.45, 7) is 7.70. The number of hydrogen-bond acceptors (Lipinski definition) is 4. The third-order valence-electron chi connectivity index (χ3n) is 4.07. The van der Waals surface area contributed by atoms with Gasteiger partial charge >= 0.3 is 0 Å². The van der Waals surface area contributed by atoms with Crippen molar-refractivity contribution in [2.75, 3.05) is 23.8 Å². The fourth-order valence-corrected chi connectivity index (χ4v) is 2.44. The fraction of sp³-hybridized carbons (Fsp3) is 0.750. The predicted octanol–water partition coefficient (Wildman–Crippen LogP) is 3.19. The molecule has 4 heteroatoms. The van der Waals surface area contributed by atoms with Gasteiger partial charge in [0.25, 0.3) is 0 Å². The Morgan fingerprint density at radius 2 is 1.90 bits per heavy atom. The Balaban J connectivity index is 1.92. The molecule has 0 aliphatic heterocycles. The molecule has 2 aliphatic rings. The van der Waals surface area contributed by atoms with Crippen LogP contribution in [0.25, 0.3) is 0 Å². The lowest BCUT2D eigenvalue weighted by atomic mass is 9.96. The number of aromatic nitrogens is 2. The molecule has 4 nitrogen and oxygen atoms in total. The van der Waals surface area contributed by atoms with E-state index in [1.807, 2.05) is 7.05 Å². The van der Waals surface area contributed by atoms with Gasteiger partial charge < -0.3 is 10.2 Å². The molecule has 1 N–H and O–H groups in total. The Hall–Kier alpha value is -1.32. The second-order valence-electron chi connectivity index (χ2n) is 7.26. The van der Waals surface area contributed by atoms with Crippen LogP contribution in [0.1, 0.15) is 52.3 Å². The molecule has 0 bridgehead atoms. The smallest absolute Gasteiger partial charge is 0.138 e. The molecule has 2 aliphatic carbocycles. The van der Waals surface area contributed by atoms with Crippen LogP contribution in [0.4, 0.5) is 11.6 Å². The largest absolute Gasteiger partial charge is 0.373 e. The summed E-state index contributed by atoms with van der Waals surface area (Å²) in [5.74, 6) is 3.87. The minimum atomic E-state index is -0.0174. The Labute approximate surface area is 122 Å². The topological polar surface area (TPSA) is 41.0 Å². The van der Waals surface area contributed by atoms with Crippen LogP contribution in [-0.2, 0) is 5.41 Å². The zero-order valence-corrected chi connectivity index (χ0v) is 13.1. The molecule has 110 valence electrons. The normalized spacial score (nSPS) is 19.0. The van der Waals surface area contributed by atoms with Gasteiger partial charge in [0.1, 0.15) is 17.5 Å². The van der Waals surface area contributed by atoms with Crippen LogP contribution < -0.4 is 10.2 Å². The van der Waals surface area contributed by atoms with Gasteiger partial charge in [-0.15, -0.1) is 0 Å². The van der Waals surface area contributed by atoms with E-state index in [-0.39, 0.29) is 5.41 Å². The number of anilines is 2. The first-order valence-corrected chi connectivity index (χ1v) is 7.81. The molecule has 1 heterocycles. The minimum absolute atomic E-state index is 0.0174. The van der Waals surface area contributed by atoms with E-state index in [0.29, 0.717) is 6.04 Å². The monoisotopic (exact) mass is 274 g/mol. The van der Waals surface area contributed by atoms with Gasteiger partial charge in [-0.3, -0.25) is 0 Å². The summed E-state index contributed by atoms with van der Waals surface area (Å²) in [7, 11) is 1.93. The summed E-state index contributed by atoms with van der Waals surface area (Å²) in [6.07, 6.45) is 5.41. The average molecular weight is 274 g/mol. The number of rotatable bonds is 5. The van der Waals surface area contributed by atoms with E-state index >= 15 is 0 Å². The average Bonchev–Trinajstić information content (AvgIpc) is 3.26. The lowest BCUT2D eigenvalue weighted by molar-refractivity contribution is 0.543. The SMILES string of the molecule is CNc1cc(N(CC2CC2)C2CC2)nc(C(C)(C)C)n1. The quantitative estimate of drug-likeness (QED) is 0.895. The molecular formula is C16H26N4. The van der Waals surface area contributed by atoms with Crippen LogP contribution in [0.2, 0.25) is 0 Å². The predicted molar refractivity (Wildman–Crippen MR) is 83.4 cm³/mol. The maximum atomic E-state index is 4.87. The number of nitrogens with zero attached hydrogens (tertiary/aromatic N) is 3. The lowest BCUT2D eigenvalue weighted by Crippen LogP contribution is -2.30. The Morgan fingerprint density at radius 1 is 1.20 bits per heavy atom. The van der Waals surface area contributed by atoms with Gasteiger partial charge in [0.2, 0.25) is 0 Å². The van der Waals surface area contributed by atoms with Gasteiger partial charge in [-0.1, -0.05) is 20.8 Å². The van der Waals surface area contributed by atoms with Gasteiger partial charge in [0.05, 0.1) is 0 Å². The lowest BCUT2D eigenvalue weighted by Gasteiger charge is -2.26. The molecule has 0 aromatic carbocycles. The molecule has 0 saturated heterocycles. The maximum absolute atomic E-state index is 4.87. The van der Waals surface area contributed by atoms with E-state index in [9.17, 15) is 0 Å². The molecule has 1 aromatic rings. The molecule has 2 saturated carbocycles. The van der Waals surface area contributed by atoms with Gasteiger partial charge in [-0.25, -0.2) is 9.97 Å². The van der Waals surface area contributed by atoms with Crippen molar-refractivity contribution in [3.8, 4) is 0 Å². The fourth-order valence-electron chi connectivity index (χ4n) is 2.44. The number of hydrogen-bond donors (Lipinski definition) is 1. The first kappa shape index (κ1) is 13.7. The van der Waals surface area contributed by atoms with Crippen LogP contribution in [0.15, 0.2) is 6.07 Å². The van der Waals surface area contributed by atoms with Gasteiger partial charge in [0.15, 0.2) is 0 Å².